The second-order valence-electron chi connectivity index (χ2n) is 8.11. The number of aryl methyl sites for hydroxylation is 1. The van der Waals surface area contributed by atoms with Crippen molar-refractivity contribution in [1.82, 2.24) is 10.3 Å². The Morgan fingerprint density at radius 2 is 1.87 bits per heavy atom. The predicted molar refractivity (Wildman–Crippen MR) is 114 cm³/mol. The molecule has 0 saturated heterocycles. The molecule has 2 aliphatic rings. The topological polar surface area (TPSA) is 121 Å². The first-order valence-electron chi connectivity index (χ1n) is 10.7. The molecule has 31 heavy (non-hydrogen) atoms. The van der Waals surface area contributed by atoms with Gasteiger partial charge in [0.25, 0.3) is 0 Å². The Labute approximate surface area is 181 Å². The van der Waals surface area contributed by atoms with Crippen molar-refractivity contribution in [1.29, 1.82) is 0 Å². The number of pyridine rings is 1. The van der Waals surface area contributed by atoms with E-state index in [9.17, 15) is 4.79 Å². The van der Waals surface area contributed by atoms with Crippen LogP contribution in [0.15, 0.2) is 24.3 Å². The standard InChI is InChI=1S/C22H29N3O3.CO2/c1-14-12-18(23)22-19(24-14)6-3-7-20(22)28-17-10-8-15(9-11-17)25-21(26)13-27-16-4-2-5-16;2-1-3/h3,6-7,12,15-17H,2,4-5,8-11,13H2,1H3,(H2,23,24)(H,25,26);. The molecule has 0 bridgehead atoms. The van der Waals surface area contributed by atoms with Crippen LogP contribution in [0.25, 0.3) is 10.9 Å². The highest BCUT2D eigenvalue weighted by molar-refractivity contribution is 5.95. The van der Waals surface area contributed by atoms with Gasteiger partial charge in [0.05, 0.1) is 23.1 Å². The summed E-state index contributed by atoms with van der Waals surface area (Å²) < 4.78 is 11.9. The van der Waals surface area contributed by atoms with Crippen LogP contribution in [0.3, 0.4) is 0 Å². The van der Waals surface area contributed by atoms with Gasteiger partial charge in [0.15, 0.2) is 0 Å². The summed E-state index contributed by atoms with van der Waals surface area (Å²) in [5, 5.41) is 3.99. The monoisotopic (exact) mass is 427 g/mol. The van der Waals surface area contributed by atoms with E-state index in [1.807, 2.05) is 31.2 Å². The largest absolute Gasteiger partial charge is 0.490 e. The van der Waals surface area contributed by atoms with Crippen molar-refractivity contribution in [3.05, 3.63) is 30.0 Å². The quantitative estimate of drug-likeness (QED) is 0.727. The van der Waals surface area contributed by atoms with Crippen molar-refractivity contribution in [2.45, 2.75) is 70.1 Å². The first kappa shape index (κ1) is 22.7. The first-order chi connectivity index (χ1) is 15.0. The average Bonchev–Trinajstić information content (AvgIpc) is 2.68. The molecule has 1 amide bonds. The molecule has 0 spiro atoms. The summed E-state index contributed by atoms with van der Waals surface area (Å²) in [4.78, 5) is 32.9. The molecule has 0 unspecified atom stereocenters. The number of aromatic nitrogens is 1. The van der Waals surface area contributed by atoms with E-state index in [4.69, 9.17) is 24.8 Å². The predicted octanol–water partition coefficient (Wildman–Crippen LogP) is 2.92. The van der Waals surface area contributed by atoms with Crippen molar-refractivity contribution in [3.8, 4) is 5.75 Å². The molecule has 4 rings (SSSR count). The normalized spacial score (nSPS) is 20.7. The third kappa shape index (κ3) is 6.26. The van der Waals surface area contributed by atoms with E-state index >= 15 is 0 Å². The Kier molecular flexibility index (Phi) is 7.98. The van der Waals surface area contributed by atoms with Gasteiger partial charge in [-0.2, -0.15) is 9.59 Å². The van der Waals surface area contributed by atoms with Gasteiger partial charge in [0, 0.05) is 17.4 Å². The number of hydrogen-bond acceptors (Lipinski definition) is 7. The second-order valence-corrected chi connectivity index (χ2v) is 8.11. The number of rotatable bonds is 6. The minimum absolute atomic E-state index is 0.000426. The number of ether oxygens (including phenoxy) is 2. The van der Waals surface area contributed by atoms with Crippen molar-refractivity contribution in [3.63, 3.8) is 0 Å². The lowest BCUT2D eigenvalue weighted by Gasteiger charge is -2.30. The molecule has 3 N–H and O–H groups in total. The molecule has 8 heteroatoms. The van der Waals surface area contributed by atoms with Crippen LogP contribution in [0, 0.1) is 6.92 Å². The van der Waals surface area contributed by atoms with E-state index in [0.29, 0.717) is 11.8 Å². The van der Waals surface area contributed by atoms with Gasteiger partial charge in [-0.05, 0) is 70.1 Å². The molecule has 2 fully saturated rings. The van der Waals surface area contributed by atoms with Crippen LogP contribution in [0.1, 0.15) is 50.6 Å². The minimum Gasteiger partial charge on any atom is -0.490 e. The van der Waals surface area contributed by atoms with Gasteiger partial charge in [-0.1, -0.05) is 6.07 Å². The molecule has 0 radical (unpaired) electrons. The summed E-state index contributed by atoms with van der Waals surface area (Å²) in [6.45, 7) is 2.12. The third-order valence-electron chi connectivity index (χ3n) is 5.79. The van der Waals surface area contributed by atoms with Gasteiger partial charge < -0.3 is 20.5 Å². The zero-order chi connectivity index (χ0) is 22.2. The molecule has 2 aromatic rings. The Balaban J connectivity index is 0.000000858. The van der Waals surface area contributed by atoms with Crippen molar-refractivity contribution >= 4 is 28.6 Å². The molecule has 2 aliphatic carbocycles. The fourth-order valence-electron chi connectivity index (χ4n) is 4.03. The third-order valence-corrected chi connectivity index (χ3v) is 5.79. The smallest absolute Gasteiger partial charge is 0.373 e. The Morgan fingerprint density at radius 1 is 1.16 bits per heavy atom. The Hall–Kier alpha value is -2.96. The van der Waals surface area contributed by atoms with Crippen molar-refractivity contribution in [2.75, 3.05) is 12.3 Å². The van der Waals surface area contributed by atoms with Crippen LogP contribution in [-0.2, 0) is 19.1 Å². The summed E-state index contributed by atoms with van der Waals surface area (Å²) >= 11 is 0. The molecular formula is C23H29N3O5. The molecule has 166 valence electrons. The molecular weight excluding hydrogens is 398 g/mol. The van der Waals surface area contributed by atoms with Gasteiger partial charge in [-0.3, -0.25) is 9.78 Å². The fourth-order valence-corrected chi connectivity index (χ4v) is 4.03. The number of carbonyl (C=O) groups is 1. The van der Waals surface area contributed by atoms with Crippen LogP contribution < -0.4 is 15.8 Å². The Bertz CT molecular complexity index is 930. The van der Waals surface area contributed by atoms with Crippen molar-refractivity contribution < 1.29 is 23.9 Å². The second kappa shape index (κ2) is 10.9. The lowest BCUT2D eigenvalue weighted by atomic mass is 9.93. The van der Waals surface area contributed by atoms with E-state index in [0.717, 1.165) is 60.9 Å². The van der Waals surface area contributed by atoms with Crippen LogP contribution in [-0.4, -0.2) is 41.9 Å². The SMILES string of the molecule is Cc1cc(N)c2c(OC3CCC(NC(=O)COC4CCC4)CC3)cccc2n1.O=C=O. The zero-order valence-electron chi connectivity index (χ0n) is 17.8. The fraction of sp³-hybridized carbons (Fsp3) is 0.522. The van der Waals surface area contributed by atoms with Crippen LogP contribution in [0.4, 0.5) is 5.69 Å². The summed E-state index contributed by atoms with van der Waals surface area (Å²) in [6.07, 6.45) is 7.71. The van der Waals surface area contributed by atoms with E-state index in [-0.39, 0.29) is 30.8 Å². The number of benzene rings is 1. The number of nitrogen functional groups attached to an aromatic ring is 1. The number of anilines is 1. The number of nitrogens with two attached hydrogens (primary N) is 1. The van der Waals surface area contributed by atoms with Gasteiger partial charge in [-0.25, -0.2) is 0 Å². The molecule has 0 atom stereocenters. The van der Waals surface area contributed by atoms with Gasteiger partial charge >= 0.3 is 6.15 Å². The summed E-state index contributed by atoms with van der Waals surface area (Å²) in [5.74, 6) is 0.795. The van der Waals surface area contributed by atoms with Crippen molar-refractivity contribution in [2.24, 2.45) is 0 Å². The highest BCUT2D eigenvalue weighted by Crippen LogP contribution is 2.33. The van der Waals surface area contributed by atoms with Crippen LogP contribution in [0.5, 0.6) is 5.75 Å². The van der Waals surface area contributed by atoms with E-state index in [1.165, 1.54) is 6.42 Å². The number of fused-ring (bicyclic) bond motifs is 1. The number of amides is 1. The first-order valence-corrected chi connectivity index (χ1v) is 10.7. The minimum atomic E-state index is -0.000426. The highest BCUT2D eigenvalue weighted by Gasteiger charge is 2.25. The number of hydrogen-bond donors (Lipinski definition) is 2. The highest BCUT2D eigenvalue weighted by atomic mass is 16.5. The van der Waals surface area contributed by atoms with Gasteiger partial charge in [0.2, 0.25) is 5.91 Å². The van der Waals surface area contributed by atoms with E-state index in [1.54, 1.807) is 0 Å². The summed E-state index contributed by atoms with van der Waals surface area (Å²) in [6, 6.07) is 7.97. The lowest BCUT2D eigenvalue weighted by Crippen LogP contribution is -2.42. The van der Waals surface area contributed by atoms with E-state index in [2.05, 4.69) is 10.3 Å². The molecule has 8 nitrogen and oxygen atoms in total. The molecule has 0 aliphatic heterocycles. The maximum absolute atomic E-state index is 12.1. The summed E-state index contributed by atoms with van der Waals surface area (Å²) in [7, 11) is 0. The zero-order valence-corrected chi connectivity index (χ0v) is 17.8. The van der Waals surface area contributed by atoms with Crippen LogP contribution >= 0.6 is 0 Å². The maximum atomic E-state index is 12.1. The maximum Gasteiger partial charge on any atom is 0.373 e. The number of carbonyl (C=O) groups excluding carboxylic acids is 3. The van der Waals surface area contributed by atoms with E-state index < -0.39 is 0 Å². The lowest BCUT2D eigenvalue weighted by molar-refractivity contribution is -0.191. The molecule has 2 saturated carbocycles. The number of nitrogens with zero attached hydrogens (tertiary/aromatic N) is 1. The van der Waals surface area contributed by atoms with Crippen LogP contribution in [0.2, 0.25) is 0 Å². The Morgan fingerprint density at radius 3 is 2.52 bits per heavy atom. The molecule has 1 aromatic heterocycles. The number of nitrogens with one attached hydrogen (secondary N) is 1. The molecule has 1 aromatic carbocycles. The average molecular weight is 428 g/mol. The molecule has 1 heterocycles. The van der Waals surface area contributed by atoms with Gasteiger partial charge in [-0.15, -0.1) is 0 Å². The summed E-state index contributed by atoms with van der Waals surface area (Å²) in [5.41, 5.74) is 8.69. The van der Waals surface area contributed by atoms with Gasteiger partial charge in [0.1, 0.15) is 12.4 Å².